The van der Waals surface area contributed by atoms with Gasteiger partial charge in [-0.2, -0.15) is 0 Å². The molecule has 9 heteroatoms. The van der Waals surface area contributed by atoms with Crippen molar-refractivity contribution in [3.8, 4) is 5.75 Å². The van der Waals surface area contributed by atoms with Crippen molar-refractivity contribution in [2.75, 3.05) is 11.9 Å². The fraction of sp³-hybridized carbons (Fsp3) is 0.0714. The average molecular weight is 420 g/mol. The Morgan fingerprint density at radius 3 is 2.57 bits per heavy atom. The third kappa shape index (κ3) is 4.82. The van der Waals surface area contributed by atoms with Crippen LogP contribution < -0.4 is 10.1 Å². The summed E-state index contributed by atoms with van der Waals surface area (Å²) in [5, 5.41) is 13.6. The standard InChI is InChI=1S/C14H9BrCl2N2O4/c15-8-1-3-12(10(16)5-8)18-14(20)7-23-13-4-2-9(19(21)22)6-11(13)17/h1-6H,7H2,(H,18,20). The van der Waals surface area contributed by atoms with Gasteiger partial charge in [-0.25, -0.2) is 0 Å². The van der Waals surface area contributed by atoms with Crippen molar-refractivity contribution in [3.63, 3.8) is 0 Å². The highest BCUT2D eigenvalue weighted by Crippen LogP contribution is 2.29. The van der Waals surface area contributed by atoms with Crippen LogP contribution in [0.25, 0.3) is 0 Å². The van der Waals surface area contributed by atoms with Crippen LogP contribution in [0, 0.1) is 10.1 Å². The molecule has 2 aromatic carbocycles. The van der Waals surface area contributed by atoms with E-state index in [4.69, 9.17) is 27.9 Å². The second kappa shape index (κ2) is 7.63. The van der Waals surface area contributed by atoms with Gasteiger partial charge in [0.1, 0.15) is 5.75 Å². The SMILES string of the molecule is O=C(COc1ccc([N+](=O)[O-])cc1Cl)Nc1ccc(Br)cc1Cl. The molecule has 0 bridgehead atoms. The van der Waals surface area contributed by atoms with E-state index < -0.39 is 10.8 Å². The number of rotatable bonds is 5. The van der Waals surface area contributed by atoms with E-state index in [-0.39, 0.29) is 23.1 Å². The first-order valence-electron chi connectivity index (χ1n) is 6.18. The van der Waals surface area contributed by atoms with E-state index in [1.165, 1.54) is 12.1 Å². The number of carbonyl (C=O) groups excluding carboxylic acids is 1. The van der Waals surface area contributed by atoms with Gasteiger partial charge in [-0.15, -0.1) is 0 Å². The van der Waals surface area contributed by atoms with E-state index in [9.17, 15) is 14.9 Å². The Bertz CT molecular complexity index is 770. The molecule has 0 aromatic heterocycles. The van der Waals surface area contributed by atoms with Crippen LogP contribution in [0.3, 0.4) is 0 Å². The Hall–Kier alpha value is -1.83. The molecule has 0 aliphatic rings. The number of anilines is 1. The van der Waals surface area contributed by atoms with Crippen LogP contribution in [-0.2, 0) is 4.79 Å². The number of carbonyl (C=O) groups is 1. The first-order chi connectivity index (χ1) is 10.9. The topological polar surface area (TPSA) is 81.5 Å². The van der Waals surface area contributed by atoms with Crippen molar-refractivity contribution in [1.29, 1.82) is 0 Å². The maximum absolute atomic E-state index is 11.9. The van der Waals surface area contributed by atoms with E-state index in [0.29, 0.717) is 10.7 Å². The molecule has 0 radical (unpaired) electrons. The zero-order chi connectivity index (χ0) is 17.0. The minimum atomic E-state index is -0.572. The Morgan fingerprint density at radius 1 is 1.22 bits per heavy atom. The summed E-state index contributed by atoms with van der Waals surface area (Å²) in [6.07, 6.45) is 0. The lowest BCUT2D eigenvalue weighted by Crippen LogP contribution is -2.20. The molecule has 0 aliphatic carbocycles. The Kier molecular flexibility index (Phi) is 5.81. The van der Waals surface area contributed by atoms with Gasteiger partial charge in [-0.3, -0.25) is 14.9 Å². The van der Waals surface area contributed by atoms with Crippen molar-refractivity contribution in [2.45, 2.75) is 0 Å². The highest BCUT2D eigenvalue weighted by Gasteiger charge is 2.12. The number of halogens is 3. The molecule has 0 unspecified atom stereocenters. The maximum Gasteiger partial charge on any atom is 0.271 e. The molecule has 0 fully saturated rings. The monoisotopic (exact) mass is 418 g/mol. The molecule has 6 nitrogen and oxygen atoms in total. The normalized spacial score (nSPS) is 10.2. The predicted molar refractivity (Wildman–Crippen MR) is 91.4 cm³/mol. The summed E-state index contributed by atoms with van der Waals surface area (Å²) >= 11 is 15.1. The van der Waals surface area contributed by atoms with Gasteiger partial charge in [0, 0.05) is 16.6 Å². The molecule has 0 spiro atoms. The van der Waals surface area contributed by atoms with Gasteiger partial charge in [0.05, 0.1) is 20.7 Å². The van der Waals surface area contributed by atoms with Crippen LogP contribution in [0.5, 0.6) is 5.75 Å². The summed E-state index contributed by atoms with van der Waals surface area (Å²) in [5.74, 6) is -0.266. The van der Waals surface area contributed by atoms with Crippen molar-refractivity contribution < 1.29 is 14.5 Å². The number of nitro benzene ring substituents is 1. The Morgan fingerprint density at radius 2 is 1.96 bits per heavy atom. The third-order valence-corrected chi connectivity index (χ3v) is 3.79. The zero-order valence-electron chi connectivity index (χ0n) is 11.4. The van der Waals surface area contributed by atoms with E-state index >= 15 is 0 Å². The number of nitrogens with zero attached hydrogens (tertiary/aromatic N) is 1. The third-order valence-electron chi connectivity index (χ3n) is 2.69. The summed E-state index contributed by atoms with van der Waals surface area (Å²) in [4.78, 5) is 21.9. The molecule has 0 saturated heterocycles. The highest BCUT2D eigenvalue weighted by atomic mass is 79.9. The molecule has 2 rings (SSSR count). The van der Waals surface area contributed by atoms with Gasteiger partial charge in [0.15, 0.2) is 6.61 Å². The summed E-state index contributed by atoms with van der Waals surface area (Å²) in [7, 11) is 0. The summed E-state index contributed by atoms with van der Waals surface area (Å²) in [6.45, 7) is -0.316. The molecular weight excluding hydrogens is 411 g/mol. The molecule has 0 heterocycles. The first kappa shape index (κ1) is 17.5. The van der Waals surface area contributed by atoms with Gasteiger partial charge in [0.25, 0.3) is 11.6 Å². The summed E-state index contributed by atoms with van der Waals surface area (Å²) < 4.78 is 6.04. The number of nitrogens with one attached hydrogen (secondary N) is 1. The number of nitro groups is 1. The molecule has 0 aliphatic heterocycles. The second-order valence-corrected chi connectivity index (χ2v) is 6.06. The summed E-state index contributed by atoms with van der Waals surface area (Å²) in [6, 6.07) is 8.75. The first-order valence-corrected chi connectivity index (χ1v) is 7.73. The number of ether oxygens (including phenoxy) is 1. The van der Waals surface area contributed by atoms with Crippen LogP contribution in [-0.4, -0.2) is 17.4 Å². The summed E-state index contributed by atoms with van der Waals surface area (Å²) in [5.41, 5.74) is 0.284. The minimum absolute atomic E-state index is 0.0497. The molecule has 1 amide bonds. The second-order valence-electron chi connectivity index (χ2n) is 4.33. The minimum Gasteiger partial charge on any atom is -0.482 e. The Labute approximate surface area is 149 Å². The molecular formula is C14H9BrCl2N2O4. The largest absolute Gasteiger partial charge is 0.482 e. The van der Waals surface area contributed by atoms with Crippen molar-refractivity contribution >= 4 is 56.4 Å². The van der Waals surface area contributed by atoms with E-state index in [0.717, 1.165) is 10.5 Å². The maximum atomic E-state index is 11.9. The van der Waals surface area contributed by atoms with E-state index in [1.54, 1.807) is 18.2 Å². The lowest BCUT2D eigenvalue weighted by atomic mass is 10.3. The zero-order valence-corrected chi connectivity index (χ0v) is 14.5. The molecule has 120 valence electrons. The van der Waals surface area contributed by atoms with E-state index in [1.807, 2.05) is 0 Å². The van der Waals surface area contributed by atoms with E-state index in [2.05, 4.69) is 21.2 Å². The fourth-order valence-electron chi connectivity index (χ4n) is 1.64. The van der Waals surface area contributed by atoms with Gasteiger partial charge in [-0.05, 0) is 24.3 Å². The number of amides is 1. The number of hydrogen-bond donors (Lipinski definition) is 1. The quantitative estimate of drug-likeness (QED) is 0.563. The van der Waals surface area contributed by atoms with Crippen molar-refractivity contribution in [2.24, 2.45) is 0 Å². The highest BCUT2D eigenvalue weighted by molar-refractivity contribution is 9.10. The van der Waals surface area contributed by atoms with Crippen molar-refractivity contribution in [3.05, 3.63) is 61.0 Å². The van der Waals surface area contributed by atoms with Gasteiger partial charge in [-0.1, -0.05) is 39.1 Å². The number of hydrogen-bond acceptors (Lipinski definition) is 4. The lowest BCUT2D eigenvalue weighted by Gasteiger charge is -2.10. The van der Waals surface area contributed by atoms with Gasteiger partial charge >= 0.3 is 0 Å². The van der Waals surface area contributed by atoms with Gasteiger partial charge in [0.2, 0.25) is 0 Å². The predicted octanol–water partition coefficient (Wildman–Crippen LogP) is 4.68. The van der Waals surface area contributed by atoms with Crippen LogP contribution in [0.2, 0.25) is 10.0 Å². The molecule has 0 saturated carbocycles. The average Bonchev–Trinajstić information content (AvgIpc) is 2.48. The van der Waals surface area contributed by atoms with Crippen LogP contribution in [0.1, 0.15) is 0 Å². The Balaban J connectivity index is 1.98. The smallest absolute Gasteiger partial charge is 0.271 e. The van der Waals surface area contributed by atoms with Gasteiger partial charge < -0.3 is 10.1 Å². The van der Waals surface area contributed by atoms with Crippen molar-refractivity contribution in [1.82, 2.24) is 0 Å². The van der Waals surface area contributed by atoms with Crippen LogP contribution >= 0.6 is 39.1 Å². The van der Waals surface area contributed by atoms with Crippen LogP contribution in [0.15, 0.2) is 40.9 Å². The molecule has 1 N–H and O–H groups in total. The lowest BCUT2D eigenvalue weighted by molar-refractivity contribution is -0.384. The fourth-order valence-corrected chi connectivity index (χ4v) is 2.59. The molecule has 0 atom stereocenters. The number of benzene rings is 2. The molecule has 2 aromatic rings. The number of non-ortho nitro benzene ring substituents is 1. The molecule has 23 heavy (non-hydrogen) atoms. The van der Waals surface area contributed by atoms with Crippen LogP contribution in [0.4, 0.5) is 11.4 Å².